The largest absolute Gasteiger partial charge is 0.417 e. The monoisotopic (exact) mass is 466 g/mol. The molecule has 6 nitrogen and oxygen atoms in total. The van der Waals surface area contributed by atoms with Gasteiger partial charge in [0, 0.05) is 11.6 Å². The number of piperidine rings is 1. The van der Waals surface area contributed by atoms with Crippen LogP contribution in [0.1, 0.15) is 54.1 Å². The zero-order valence-corrected chi connectivity index (χ0v) is 18.1. The number of nitrogens with one attached hydrogen (secondary N) is 2. The third-order valence-electron chi connectivity index (χ3n) is 5.04. The molecule has 32 heavy (non-hydrogen) atoms. The highest BCUT2D eigenvalue weighted by Gasteiger charge is 2.34. The van der Waals surface area contributed by atoms with Crippen molar-refractivity contribution in [3.05, 3.63) is 64.0 Å². The molecule has 1 aromatic heterocycles. The van der Waals surface area contributed by atoms with E-state index < -0.39 is 22.5 Å². The summed E-state index contributed by atoms with van der Waals surface area (Å²) in [5, 5.41) is 14.2. The van der Waals surface area contributed by atoms with E-state index in [9.17, 15) is 18.0 Å². The molecule has 0 radical (unpaired) electrons. The smallest absolute Gasteiger partial charge is 0.364 e. The topological polar surface area (TPSA) is 91.3 Å². The Morgan fingerprint density at radius 1 is 1.41 bits per heavy atom. The van der Waals surface area contributed by atoms with E-state index in [0.29, 0.717) is 23.3 Å². The molecule has 3 rings (SSSR count). The van der Waals surface area contributed by atoms with Crippen LogP contribution in [0.3, 0.4) is 0 Å². The number of ketones is 1. The van der Waals surface area contributed by atoms with Gasteiger partial charge in [-0.25, -0.2) is 4.99 Å². The maximum Gasteiger partial charge on any atom is 0.417 e. The van der Waals surface area contributed by atoms with E-state index in [4.69, 9.17) is 21.5 Å². The molecule has 1 aliphatic heterocycles. The molecule has 0 saturated carbocycles. The Hall–Kier alpha value is -2.78. The molecule has 2 aromatic rings. The van der Waals surface area contributed by atoms with E-state index in [0.717, 1.165) is 37.9 Å². The molecule has 0 spiro atoms. The van der Waals surface area contributed by atoms with Gasteiger partial charge in [0.2, 0.25) is 0 Å². The minimum atomic E-state index is -4.68. The van der Waals surface area contributed by atoms with Crippen LogP contribution in [0.15, 0.2) is 51.8 Å². The molecule has 2 heterocycles. The van der Waals surface area contributed by atoms with Gasteiger partial charge in [-0.15, -0.1) is 0 Å². The zero-order valence-electron chi connectivity index (χ0n) is 17.3. The molecule has 0 bridgehead atoms. The second-order valence-electron chi connectivity index (χ2n) is 7.51. The molecule has 1 unspecified atom stereocenters. The first-order chi connectivity index (χ1) is 15.2. The fraction of sp³-hybridized carbons (Fsp3) is 0.364. The van der Waals surface area contributed by atoms with Crippen molar-refractivity contribution in [1.29, 1.82) is 5.41 Å². The fourth-order valence-corrected chi connectivity index (χ4v) is 3.90. The van der Waals surface area contributed by atoms with Crippen LogP contribution >= 0.6 is 11.6 Å². The number of benzene rings is 1. The normalized spacial score (nSPS) is 18.0. The van der Waals surface area contributed by atoms with Crippen LogP contribution in [0, 0.1) is 5.41 Å². The number of rotatable bonds is 6. The molecular formula is C22H22ClF3N4O2. The molecule has 170 valence electrons. The van der Waals surface area contributed by atoms with Gasteiger partial charge >= 0.3 is 6.18 Å². The summed E-state index contributed by atoms with van der Waals surface area (Å²) in [6.07, 6.45) is 2.63. The van der Waals surface area contributed by atoms with Gasteiger partial charge in [-0.2, -0.15) is 13.2 Å². The molecule has 1 aliphatic rings. The second kappa shape index (κ2) is 10.2. The lowest BCUT2D eigenvalue weighted by molar-refractivity contribution is -0.137. The van der Waals surface area contributed by atoms with Crippen molar-refractivity contribution in [2.45, 2.75) is 44.8 Å². The summed E-state index contributed by atoms with van der Waals surface area (Å²) in [6, 6.07) is 3.29. The number of aromatic nitrogens is 1. The number of hydrogen-bond acceptors (Lipinski definition) is 5. The van der Waals surface area contributed by atoms with Gasteiger partial charge in [0.05, 0.1) is 28.1 Å². The highest BCUT2D eigenvalue weighted by molar-refractivity contribution is 6.35. The SMILES string of the molecule is CC(=N)/N=C(\C(=C\C(=O)c1cccc(C(F)(F)F)c1Cl)CC1CCCCN1)c1cnoc1. The summed E-state index contributed by atoms with van der Waals surface area (Å²) < 4.78 is 44.6. The van der Waals surface area contributed by atoms with Crippen molar-refractivity contribution in [1.82, 2.24) is 10.5 Å². The van der Waals surface area contributed by atoms with Crippen LogP contribution in [0.5, 0.6) is 0 Å². The van der Waals surface area contributed by atoms with E-state index in [2.05, 4.69) is 15.5 Å². The molecule has 1 aromatic carbocycles. The minimum Gasteiger partial charge on any atom is -0.364 e. The first kappa shape index (κ1) is 23.9. The van der Waals surface area contributed by atoms with Crippen LogP contribution in [-0.4, -0.2) is 35.1 Å². The first-order valence-corrected chi connectivity index (χ1v) is 10.4. The van der Waals surface area contributed by atoms with Crippen LogP contribution < -0.4 is 5.32 Å². The van der Waals surface area contributed by atoms with Crippen LogP contribution in [0.4, 0.5) is 13.2 Å². The quantitative estimate of drug-likeness (QED) is 0.255. The number of carbonyl (C=O) groups is 1. The Morgan fingerprint density at radius 2 is 2.19 bits per heavy atom. The average molecular weight is 467 g/mol. The first-order valence-electron chi connectivity index (χ1n) is 10.0. The van der Waals surface area contributed by atoms with Gasteiger partial charge in [-0.05, 0) is 56.5 Å². The van der Waals surface area contributed by atoms with Gasteiger partial charge in [0.1, 0.15) is 12.1 Å². The predicted octanol–water partition coefficient (Wildman–Crippen LogP) is 5.47. The van der Waals surface area contributed by atoms with Crippen molar-refractivity contribution in [2.75, 3.05) is 6.54 Å². The molecule has 1 fully saturated rings. The highest BCUT2D eigenvalue weighted by Crippen LogP contribution is 2.36. The summed E-state index contributed by atoms with van der Waals surface area (Å²) in [5.41, 5.74) is -0.106. The van der Waals surface area contributed by atoms with Gasteiger partial charge in [-0.3, -0.25) is 10.2 Å². The van der Waals surface area contributed by atoms with Gasteiger partial charge in [0.25, 0.3) is 0 Å². The average Bonchev–Trinajstić information content (AvgIpc) is 3.26. The van der Waals surface area contributed by atoms with Crippen molar-refractivity contribution in [3.8, 4) is 0 Å². The Balaban J connectivity index is 2.06. The number of halogens is 4. The third kappa shape index (κ3) is 5.92. The van der Waals surface area contributed by atoms with Crippen LogP contribution in [0.2, 0.25) is 5.02 Å². The van der Waals surface area contributed by atoms with Crippen molar-refractivity contribution in [3.63, 3.8) is 0 Å². The number of nitrogens with zero attached hydrogens (tertiary/aromatic N) is 2. The van der Waals surface area contributed by atoms with Gasteiger partial charge < -0.3 is 9.84 Å². The predicted molar refractivity (Wildman–Crippen MR) is 116 cm³/mol. The highest BCUT2D eigenvalue weighted by atomic mass is 35.5. The van der Waals surface area contributed by atoms with Crippen molar-refractivity contribution in [2.24, 2.45) is 4.99 Å². The lowest BCUT2D eigenvalue weighted by Gasteiger charge is -2.25. The maximum absolute atomic E-state index is 13.2. The summed E-state index contributed by atoms with van der Waals surface area (Å²) in [7, 11) is 0. The van der Waals surface area contributed by atoms with Crippen molar-refractivity contribution >= 4 is 28.9 Å². The molecule has 1 saturated heterocycles. The molecule has 2 N–H and O–H groups in total. The molecule has 0 amide bonds. The summed E-state index contributed by atoms with van der Waals surface area (Å²) in [4.78, 5) is 17.3. The van der Waals surface area contributed by atoms with E-state index in [1.165, 1.54) is 31.5 Å². The number of aliphatic imine (C=N–C) groups is 1. The summed E-state index contributed by atoms with van der Waals surface area (Å²) in [5.74, 6) is -0.688. The molecule has 0 aliphatic carbocycles. The Labute approximate surface area is 188 Å². The Morgan fingerprint density at radius 3 is 2.78 bits per heavy atom. The number of carbonyl (C=O) groups excluding carboxylic acids is 1. The maximum atomic E-state index is 13.2. The van der Waals surface area contributed by atoms with Crippen LogP contribution in [-0.2, 0) is 6.18 Å². The lowest BCUT2D eigenvalue weighted by Crippen LogP contribution is -2.35. The van der Waals surface area contributed by atoms with E-state index >= 15 is 0 Å². The van der Waals surface area contributed by atoms with E-state index in [1.54, 1.807) is 0 Å². The third-order valence-corrected chi connectivity index (χ3v) is 5.45. The standard InChI is InChI=1S/C22H22ClF3N4O2/c1-13(27)30-21(15-11-29-32-12-15)14(9-16-5-2-3-8-28-16)10-19(31)17-6-4-7-18(20(17)23)22(24,25)26/h4,6-7,10-12,16,27-28H,2-3,5,8-9H2,1H3/b14-10+,27-13?,30-21+. The van der Waals surface area contributed by atoms with Gasteiger partial charge in [0.15, 0.2) is 5.78 Å². The number of hydrogen-bond donors (Lipinski definition) is 2. The molecular weight excluding hydrogens is 445 g/mol. The van der Waals surface area contributed by atoms with E-state index in [1.807, 2.05) is 0 Å². The Kier molecular flexibility index (Phi) is 7.63. The fourth-order valence-electron chi connectivity index (χ4n) is 3.58. The van der Waals surface area contributed by atoms with Crippen LogP contribution in [0.25, 0.3) is 0 Å². The number of allylic oxidation sites excluding steroid dienone is 1. The molecule has 10 heteroatoms. The zero-order chi connectivity index (χ0) is 23.3. The Bertz CT molecular complexity index is 1040. The molecule has 1 atom stereocenters. The van der Waals surface area contributed by atoms with Crippen molar-refractivity contribution < 1.29 is 22.5 Å². The minimum absolute atomic E-state index is 0.00625. The van der Waals surface area contributed by atoms with E-state index in [-0.39, 0.29) is 17.4 Å². The van der Waals surface area contributed by atoms with Gasteiger partial charge in [-0.1, -0.05) is 29.2 Å². The summed E-state index contributed by atoms with van der Waals surface area (Å²) >= 11 is 5.96. The number of amidine groups is 1. The lowest BCUT2D eigenvalue weighted by atomic mass is 9.91. The summed E-state index contributed by atoms with van der Waals surface area (Å²) in [6.45, 7) is 2.31. The number of alkyl halides is 3. The second-order valence-corrected chi connectivity index (χ2v) is 7.89.